The quantitative estimate of drug-likeness (QED) is 0.359. The van der Waals surface area contributed by atoms with Crippen LogP contribution in [0.5, 0.6) is 0 Å². The molecule has 0 aromatic heterocycles. The van der Waals surface area contributed by atoms with Crippen LogP contribution in [0, 0.1) is 20.8 Å². The van der Waals surface area contributed by atoms with Crippen LogP contribution in [0.1, 0.15) is 49.4 Å². The Kier molecular flexibility index (Phi) is 9.92. The molecule has 3 rings (SSSR count). The molecule has 1 unspecified atom stereocenters. The lowest BCUT2D eigenvalue weighted by Gasteiger charge is -2.34. The molecule has 39 heavy (non-hydrogen) atoms. The summed E-state index contributed by atoms with van der Waals surface area (Å²) in [6, 6.07) is 20.4. The third kappa shape index (κ3) is 7.26. The first-order chi connectivity index (χ1) is 18.4. The Hall–Kier alpha value is -3.65. The molecular formula is C31H39N3O4S. The number of benzene rings is 3. The van der Waals surface area contributed by atoms with Gasteiger partial charge in [0.15, 0.2) is 0 Å². The van der Waals surface area contributed by atoms with Gasteiger partial charge < -0.3 is 10.2 Å². The molecule has 0 radical (unpaired) electrons. The maximum absolute atomic E-state index is 14.1. The van der Waals surface area contributed by atoms with E-state index in [0.717, 1.165) is 22.3 Å². The molecule has 1 N–H and O–H groups in total. The highest BCUT2D eigenvalue weighted by Crippen LogP contribution is 2.29. The SMILES string of the molecule is CCC(C(=O)NC(C)C)N(Cc1ccc(C)cc1)C(=O)CN(c1cccc(C)c1C)S(=O)(=O)c1ccccc1. The number of nitrogens with one attached hydrogen (secondary N) is 1. The van der Waals surface area contributed by atoms with Crippen molar-refractivity contribution in [2.75, 3.05) is 10.8 Å². The monoisotopic (exact) mass is 549 g/mol. The molecule has 0 aliphatic heterocycles. The van der Waals surface area contributed by atoms with Gasteiger partial charge >= 0.3 is 0 Å². The van der Waals surface area contributed by atoms with E-state index < -0.39 is 28.5 Å². The largest absolute Gasteiger partial charge is 0.352 e. The molecule has 0 saturated heterocycles. The summed E-state index contributed by atoms with van der Waals surface area (Å²) in [4.78, 5) is 28.9. The van der Waals surface area contributed by atoms with E-state index in [1.165, 1.54) is 21.3 Å². The molecule has 0 saturated carbocycles. The fraction of sp³-hybridized carbons (Fsp3) is 0.355. The molecule has 7 nitrogen and oxygen atoms in total. The number of hydrogen-bond acceptors (Lipinski definition) is 4. The number of rotatable bonds is 11. The Labute approximate surface area is 232 Å². The zero-order valence-electron chi connectivity index (χ0n) is 23.6. The van der Waals surface area contributed by atoms with Crippen molar-refractivity contribution in [2.45, 2.75) is 71.5 Å². The number of aryl methyl sites for hydroxylation is 2. The first-order valence-corrected chi connectivity index (χ1v) is 14.7. The minimum absolute atomic E-state index is 0.0911. The molecule has 1 atom stereocenters. The van der Waals surface area contributed by atoms with Gasteiger partial charge in [-0.2, -0.15) is 0 Å². The highest BCUT2D eigenvalue weighted by molar-refractivity contribution is 7.92. The molecule has 3 aromatic rings. The third-order valence-electron chi connectivity index (χ3n) is 6.75. The van der Waals surface area contributed by atoms with Crippen LogP contribution in [0.25, 0.3) is 0 Å². The van der Waals surface area contributed by atoms with Crippen molar-refractivity contribution in [2.24, 2.45) is 0 Å². The first-order valence-electron chi connectivity index (χ1n) is 13.2. The van der Waals surface area contributed by atoms with Crippen LogP contribution >= 0.6 is 0 Å². The summed E-state index contributed by atoms with van der Waals surface area (Å²) in [5.41, 5.74) is 4.04. The normalized spacial score (nSPS) is 12.2. The Morgan fingerprint density at radius 3 is 2.10 bits per heavy atom. The summed E-state index contributed by atoms with van der Waals surface area (Å²) in [5, 5.41) is 2.92. The molecule has 0 aliphatic rings. The molecular weight excluding hydrogens is 510 g/mol. The van der Waals surface area contributed by atoms with Gasteiger partial charge in [-0.3, -0.25) is 13.9 Å². The summed E-state index contributed by atoms with van der Waals surface area (Å²) in [6.07, 6.45) is 0.380. The molecule has 2 amide bonds. The molecule has 3 aromatic carbocycles. The lowest BCUT2D eigenvalue weighted by molar-refractivity contribution is -0.140. The maximum Gasteiger partial charge on any atom is 0.264 e. The lowest BCUT2D eigenvalue weighted by atomic mass is 10.1. The van der Waals surface area contributed by atoms with Gasteiger partial charge in [0.1, 0.15) is 12.6 Å². The van der Waals surface area contributed by atoms with Crippen LogP contribution in [0.3, 0.4) is 0 Å². The van der Waals surface area contributed by atoms with E-state index >= 15 is 0 Å². The second kappa shape index (κ2) is 12.9. The summed E-state index contributed by atoms with van der Waals surface area (Å²) in [7, 11) is -4.09. The minimum atomic E-state index is -4.09. The lowest BCUT2D eigenvalue weighted by Crippen LogP contribution is -2.53. The van der Waals surface area contributed by atoms with E-state index in [9.17, 15) is 18.0 Å². The Morgan fingerprint density at radius 1 is 0.872 bits per heavy atom. The standard InChI is InChI=1S/C31H39N3O4S/c1-7-28(31(36)32-22(2)3)33(20-26-18-16-23(4)17-19-26)30(35)21-34(29-15-11-12-24(5)25(29)6)39(37,38)27-13-9-8-10-14-27/h8-19,22,28H,7,20-21H2,1-6H3,(H,32,36). The third-order valence-corrected chi connectivity index (χ3v) is 8.52. The van der Waals surface area contributed by atoms with E-state index in [2.05, 4.69) is 5.32 Å². The molecule has 0 heterocycles. The highest BCUT2D eigenvalue weighted by Gasteiger charge is 2.34. The summed E-state index contributed by atoms with van der Waals surface area (Å²) < 4.78 is 29.1. The number of carbonyl (C=O) groups excluding carboxylic acids is 2. The number of sulfonamides is 1. The Morgan fingerprint density at radius 2 is 1.51 bits per heavy atom. The summed E-state index contributed by atoms with van der Waals surface area (Å²) in [6.45, 7) is 11.0. The molecule has 0 bridgehead atoms. The molecule has 0 fully saturated rings. The maximum atomic E-state index is 14.1. The van der Waals surface area contributed by atoms with Gasteiger partial charge in [0.2, 0.25) is 11.8 Å². The smallest absolute Gasteiger partial charge is 0.264 e. The van der Waals surface area contributed by atoms with Crippen molar-refractivity contribution < 1.29 is 18.0 Å². The molecule has 8 heteroatoms. The minimum Gasteiger partial charge on any atom is -0.352 e. The van der Waals surface area contributed by atoms with Crippen molar-refractivity contribution in [3.63, 3.8) is 0 Å². The fourth-order valence-electron chi connectivity index (χ4n) is 4.43. The van der Waals surface area contributed by atoms with Crippen LogP contribution in [0.2, 0.25) is 0 Å². The predicted octanol–water partition coefficient (Wildman–Crippen LogP) is 5.14. The Balaban J connectivity index is 2.09. The molecule has 0 aliphatic carbocycles. The number of nitrogens with zero attached hydrogens (tertiary/aromatic N) is 2. The van der Waals surface area contributed by atoms with E-state index in [1.807, 2.05) is 71.9 Å². The van der Waals surface area contributed by atoms with Crippen LogP contribution in [-0.4, -0.2) is 43.8 Å². The second-order valence-electron chi connectivity index (χ2n) is 10.1. The van der Waals surface area contributed by atoms with Crippen molar-refractivity contribution in [1.29, 1.82) is 0 Å². The van der Waals surface area contributed by atoms with Gasteiger partial charge in [0.05, 0.1) is 10.6 Å². The summed E-state index contributed by atoms with van der Waals surface area (Å²) >= 11 is 0. The van der Waals surface area contributed by atoms with Crippen molar-refractivity contribution in [3.8, 4) is 0 Å². The summed E-state index contributed by atoms with van der Waals surface area (Å²) in [5.74, 6) is -0.723. The number of amides is 2. The highest BCUT2D eigenvalue weighted by atomic mass is 32.2. The van der Waals surface area contributed by atoms with E-state index in [1.54, 1.807) is 30.3 Å². The van der Waals surface area contributed by atoms with Gasteiger partial charge in [-0.25, -0.2) is 8.42 Å². The van der Waals surface area contributed by atoms with Gasteiger partial charge in [0, 0.05) is 12.6 Å². The average molecular weight is 550 g/mol. The van der Waals surface area contributed by atoms with E-state index in [-0.39, 0.29) is 23.4 Å². The fourth-order valence-corrected chi connectivity index (χ4v) is 5.92. The van der Waals surface area contributed by atoms with Gasteiger partial charge in [-0.15, -0.1) is 0 Å². The van der Waals surface area contributed by atoms with Crippen molar-refractivity contribution in [3.05, 3.63) is 95.1 Å². The zero-order chi connectivity index (χ0) is 28.7. The predicted molar refractivity (Wildman–Crippen MR) is 156 cm³/mol. The van der Waals surface area contributed by atoms with Gasteiger partial charge in [-0.1, -0.05) is 67.1 Å². The zero-order valence-corrected chi connectivity index (χ0v) is 24.5. The topological polar surface area (TPSA) is 86.8 Å². The van der Waals surface area contributed by atoms with E-state index in [0.29, 0.717) is 12.1 Å². The molecule has 0 spiro atoms. The molecule has 208 valence electrons. The van der Waals surface area contributed by atoms with Crippen LogP contribution in [0.4, 0.5) is 5.69 Å². The van der Waals surface area contributed by atoms with Crippen molar-refractivity contribution >= 4 is 27.5 Å². The van der Waals surface area contributed by atoms with Gasteiger partial charge in [-0.05, 0) is 75.9 Å². The van der Waals surface area contributed by atoms with E-state index in [4.69, 9.17) is 0 Å². The number of hydrogen-bond donors (Lipinski definition) is 1. The average Bonchev–Trinajstić information content (AvgIpc) is 2.90. The number of anilines is 1. The van der Waals surface area contributed by atoms with Crippen LogP contribution in [0.15, 0.2) is 77.7 Å². The van der Waals surface area contributed by atoms with Crippen LogP contribution in [-0.2, 0) is 26.2 Å². The second-order valence-corrected chi connectivity index (χ2v) is 12.0. The van der Waals surface area contributed by atoms with Crippen molar-refractivity contribution in [1.82, 2.24) is 10.2 Å². The van der Waals surface area contributed by atoms with Crippen LogP contribution < -0.4 is 9.62 Å². The van der Waals surface area contributed by atoms with Gasteiger partial charge in [0.25, 0.3) is 10.0 Å². The first kappa shape index (κ1) is 29.9. The Bertz CT molecular complexity index is 1390. The number of carbonyl (C=O) groups is 2.